The topological polar surface area (TPSA) is 40.5 Å². The Hall–Kier alpha value is 0.960. The van der Waals surface area contributed by atoms with Gasteiger partial charge < -0.3 is 10.2 Å². The van der Waals surface area contributed by atoms with E-state index in [0.717, 1.165) is 11.1 Å². The van der Waals surface area contributed by atoms with Crippen molar-refractivity contribution in [2.24, 2.45) is 0 Å². The number of hydrogen-bond donors (Lipinski definition) is 2. The van der Waals surface area contributed by atoms with E-state index in [-0.39, 0.29) is 11.6 Å². The van der Waals surface area contributed by atoms with Gasteiger partial charge in [-0.05, 0) is 67.3 Å². The molecule has 0 spiro atoms. The molecule has 2 rings (SSSR count). The maximum atomic E-state index is 10.1. The van der Waals surface area contributed by atoms with Crippen molar-refractivity contribution >= 4 is 86.9 Å². The van der Waals surface area contributed by atoms with Gasteiger partial charge in [0.1, 0.15) is 15.6 Å². The second-order valence-electron chi connectivity index (χ2n) is 5.46. The fourth-order valence-electron chi connectivity index (χ4n) is 2.26. The number of halogens is 6. The molecule has 0 fully saturated rings. The van der Waals surface area contributed by atoms with Crippen molar-refractivity contribution in [3.05, 3.63) is 48.8 Å². The van der Waals surface area contributed by atoms with Crippen LogP contribution < -0.4 is 0 Å². The van der Waals surface area contributed by atoms with Gasteiger partial charge in [0, 0.05) is 15.8 Å². The first-order valence-corrected chi connectivity index (χ1v) is 10.5. The zero-order chi connectivity index (χ0) is 17.6. The van der Waals surface area contributed by atoms with Crippen LogP contribution in [0.15, 0.2) is 43.3 Å². The molecule has 3 unspecified atom stereocenters. The van der Waals surface area contributed by atoms with Gasteiger partial charge in [-0.2, -0.15) is 0 Å². The van der Waals surface area contributed by atoms with E-state index in [2.05, 4.69) is 63.7 Å². The maximum absolute atomic E-state index is 10.1. The van der Waals surface area contributed by atoms with Gasteiger partial charge in [0.25, 0.3) is 0 Å². The smallest absolute Gasteiger partial charge is 0.148 e. The van der Waals surface area contributed by atoms with Crippen molar-refractivity contribution < 1.29 is 10.2 Å². The van der Waals surface area contributed by atoms with Crippen LogP contribution in [0.25, 0.3) is 0 Å². The minimum Gasteiger partial charge on any atom is -0.506 e. The Morgan fingerprint density at radius 1 is 1.26 bits per heavy atom. The number of allylic oxidation sites excluding steroid dienone is 2. The molecule has 1 aliphatic rings. The summed E-state index contributed by atoms with van der Waals surface area (Å²) < 4.78 is 0.576. The maximum Gasteiger partial charge on any atom is 0.148 e. The summed E-state index contributed by atoms with van der Waals surface area (Å²) in [4.78, 5) is 0. The van der Waals surface area contributed by atoms with E-state index < -0.39 is 15.3 Å². The van der Waals surface area contributed by atoms with Crippen LogP contribution in [0.5, 0.6) is 5.75 Å². The number of phenols is 1. The lowest BCUT2D eigenvalue weighted by Crippen LogP contribution is -2.36. The number of hydrogen-bond acceptors (Lipinski definition) is 2. The third-order valence-corrected chi connectivity index (χ3v) is 7.21. The predicted molar refractivity (Wildman–Crippen MR) is 110 cm³/mol. The van der Waals surface area contributed by atoms with Crippen LogP contribution in [-0.2, 0) is 5.41 Å². The van der Waals surface area contributed by atoms with Crippen LogP contribution in [0.2, 0.25) is 0 Å². The van der Waals surface area contributed by atoms with Crippen LogP contribution in [0.4, 0.5) is 0 Å². The average Bonchev–Trinajstić information content (AvgIpc) is 2.48. The highest BCUT2D eigenvalue weighted by molar-refractivity contribution is 9.12. The number of benzene rings is 1. The molecule has 2 N–H and O–H groups in total. The molecule has 23 heavy (non-hydrogen) atoms. The highest BCUT2D eigenvalue weighted by Crippen LogP contribution is 2.47. The zero-order valence-corrected chi connectivity index (χ0v) is 19.6. The first-order valence-electron chi connectivity index (χ1n) is 6.43. The molecule has 0 aromatic heterocycles. The van der Waals surface area contributed by atoms with Crippen molar-refractivity contribution in [2.75, 3.05) is 5.88 Å². The van der Waals surface area contributed by atoms with Gasteiger partial charge in [0.05, 0.1) is 8.95 Å². The van der Waals surface area contributed by atoms with Gasteiger partial charge in [-0.3, -0.25) is 0 Å². The van der Waals surface area contributed by atoms with Crippen LogP contribution in [0.1, 0.15) is 12.5 Å². The molecule has 1 aliphatic carbocycles. The number of aromatic hydroxyl groups is 1. The second-order valence-corrected chi connectivity index (χ2v) is 10.7. The summed E-state index contributed by atoms with van der Waals surface area (Å²) in [7, 11) is 0. The van der Waals surface area contributed by atoms with E-state index in [9.17, 15) is 10.2 Å². The first-order chi connectivity index (χ1) is 10.5. The van der Waals surface area contributed by atoms with E-state index in [1.165, 1.54) is 0 Å². The number of aliphatic hydroxyl groups is 1. The molecule has 1 aromatic rings. The van der Waals surface area contributed by atoms with Gasteiger partial charge in [0.15, 0.2) is 0 Å². The molecule has 8 heteroatoms. The normalized spacial score (nSPS) is 27.2. The predicted octanol–water partition coefficient (Wildman–Crippen LogP) is 6.32. The number of aliphatic hydroxyl groups excluding tert-OH is 1. The van der Waals surface area contributed by atoms with Crippen molar-refractivity contribution in [1.82, 2.24) is 0 Å². The minimum absolute atomic E-state index is 0.127. The van der Waals surface area contributed by atoms with Gasteiger partial charge in [-0.1, -0.05) is 50.4 Å². The van der Waals surface area contributed by atoms with Crippen molar-refractivity contribution in [3.63, 3.8) is 0 Å². The quantitative estimate of drug-likeness (QED) is 0.391. The van der Waals surface area contributed by atoms with Gasteiger partial charge in [0.2, 0.25) is 0 Å². The lowest BCUT2D eigenvalue weighted by atomic mass is 9.75. The lowest BCUT2D eigenvalue weighted by molar-refractivity contribution is 0.217. The summed E-state index contributed by atoms with van der Waals surface area (Å²) >= 11 is 26.1. The molecule has 0 saturated heterocycles. The molecule has 0 bridgehead atoms. The number of phenolic OH excluding ortho intramolecular Hbond substituents is 1. The van der Waals surface area contributed by atoms with Crippen LogP contribution in [-0.4, -0.2) is 26.0 Å². The molecular weight excluding hydrogens is 603 g/mol. The summed E-state index contributed by atoms with van der Waals surface area (Å²) in [6, 6.07) is 3.64. The Balaban J connectivity index is 2.62. The Morgan fingerprint density at radius 2 is 1.78 bits per heavy atom. The molecular formula is C15H12Br4Cl2O2. The Bertz CT molecular complexity index is 680. The molecule has 1 aromatic carbocycles. The van der Waals surface area contributed by atoms with Crippen LogP contribution in [0, 0.1) is 0 Å². The molecule has 0 radical (unpaired) electrons. The molecule has 0 heterocycles. The standard InChI is InChI=1S/C15H12Br4Cl2O2/c1-14(6-20,7-2-9(16)12(22)10(17)3-7)8-4-11(18)13(23)15(19,21)5-8/h2-5,13,22-23H,6H2,1H3. The van der Waals surface area contributed by atoms with Crippen LogP contribution >= 0.6 is 86.9 Å². The van der Waals surface area contributed by atoms with Crippen LogP contribution in [0.3, 0.4) is 0 Å². The number of alkyl halides is 3. The molecule has 0 saturated carbocycles. The molecule has 2 nitrogen and oxygen atoms in total. The van der Waals surface area contributed by atoms with Gasteiger partial charge in [-0.25, -0.2) is 0 Å². The van der Waals surface area contributed by atoms with E-state index in [1.54, 1.807) is 6.08 Å². The van der Waals surface area contributed by atoms with Crippen molar-refractivity contribution in [3.8, 4) is 5.75 Å². The summed E-state index contributed by atoms with van der Waals surface area (Å²) in [5, 5.41) is 20.1. The van der Waals surface area contributed by atoms with E-state index in [1.807, 2.05) is 25.1 Å². The largest absolute Gasteiger partial charge is 0.506 e. The van der Waals surface area contributed by atoms with Crippen molar-refractivity contribution in [2.45, 2.75) is 22.2 Å². The molecule has 3 atom stereocenters. The lowest BCUT2D eigenvalue weighted by Gasteiger charge is -2.36. The second kappa shape index (κ2) is 7.29. The van der Waals surface area contributed by atoms with Gasteiger partial charge in [-0.15, -0.1) is 11.6 Å². The van der Waals surface area contributed by atoms with E-state index >= 15 is 0 Å². The third-order valence-electron chi connectivity index (χ3n) is 3.83. The third kappa shape index (κ3) is 3.88. The molecule has 126 valence electrons. The van der Waals surface area contributed by atoms with E-state index in [0.29, 0.717) is 13.4 Å². The average molecular weight is 615 g/mol. The highest BCUT2D eigenvalue weighted by atomic mass is 79.9. The molecule has 0 amide bonds. The Kier molecular flexibility index (Phi) is 6.43. The Morgan fingerprint density at radius 3 is 2.22 bits per heavy atom. The number of rotatable bonds is 3. The van der Waals surface area contributed by atoms with Gasteiger partial charge >= 0.3 is 0 Å². The Labute approximate surface area is 178 Å². The first kappa shape index (κ1) is 20.3. The van der Waals surface area contributed by atoms with E-state index in [4.69, 9.17) is 23.2 Å². The summed E-state index contributed by atoms with van der Waals surface area (Å²) in [5.41, 5.74) is 1.16. The fraction of sp³-hybridized carbons (Fsp3) is 0.333. The minimum atomic E-state index is -1.12. The molecule has 0 aliphatic heterocycles. The summed E-state index contributed by atoms with van der Waals surface area (Å²) in [6.45, 7) is 1.98. The van der Waals surface area contributed by atoms with Crippen molar-refractivity contribution in [1.29, 1.82) is 0 Å². The fourth-order valence-corrected chi connectivity index (χ4v) is 5.53. The summed E-state index contributed by atoms with van der Waals surface area (Å²) in [6.07, 6.45) is 2.68. The summed E-state index contributed by atoms with van der Waals surface area (Å²) in [5.74, 6) is 0.414. The monoisotopic (exact) mass is 610 g/mol. The SMILES string of the molecule is CC(CCl)(C1=CC(Cl)(Br)C(O)C(Br)=C1)c1cc(Br)c(O)c(Br)c1. The highest BCUT2D eigenvalue weighted by Gasteiger charge is 2.41. The zero-order valence-electron chi connectivity index (χ0n) is 11.8.